The standard InChI is InChI=1S/C17H21N5O3.2ClH/c23-15-12(8-22-9-14(20-21-22)10-3-4-10)6-13(16(15)24)19-17(25)11-2-1-5-18-7-11;;/h1-2,5,7,9-10,12-13,15-16,23-24H,3-4,6,8H2,(H,19,25);2*1H/t12-,13-,15-,16+;;/m1../s1. The monoisotopic (exact) mass is 415 g/mol. The highest BCUT2D eigenvalue weighted by Gasteiger charge is 2.42. The highest BCUT2D eigenvalue weighted by molar-refractivity contribution is 5.94. The summed E-state index contributed by atoms with van der Waals surface area (Å²) < 4.78 is 1.72. The van der Waals surface area contributed by atoms with E-state index < -0.39 is 18.2 Å². The minimum absolute atomic E-state index is 0. The lowest BCUT2D eigenvalue weighted by atomic mass is 10.1. The number of nitrogens with one attached hydrogen (secondary N) is 1. The molecule has 0 unspecified atom stereocenters. The molecule has 2 aromatic heterocycles. The molecule has 0 aromatic carbocycles. The van der Waals surface area contributed by atoms with Crippen molar-refractivity contribution in [3.8, 4) is 0 Å². The number of hydrogen-bond donors (Lipinski definition) is 3. The van der Waals surface area contributed by atoms with E-state index in [0.29, 0.717) is 24.4 Å². The van der Waals surface area contributed by atoms with Crippen molar-refractivity contribution in [2.45, 2.75) is 50.0 Å². The number of pyridine rings is 1. The van der Waals surface area contributed by atoms with Crippen molar-refractivity contribution >= 4 is 30.7 Å². The second-order valence-corrected chi connectivity index (χ2v) is 6.94. The predicted octanol–water partition coefficient (Wildman–Crippen LogP) is 0.934. The first-order valence-corrected chi connectivity index (χ1v) is 8.59. The summed E-state index contributed by atoms with van der Waals surface area (Å²) in [6, 6.07) is 2.84. The number of rotatable bonds is 5. The van der Waals surface area contributed by atoms with Gasteiger partial charge in [-0.15, -0.1) is 29.9 Å². The maximum atomic E-state index is 12.2. The maximum Gasteiger partial charge on any atom is 0.253 e. The molecule has 4 atom stereocenters. The van der Waals surface area contributed by atoms with Crippen molar-refractivity contribution in [2.75, 3.05) is 0 Å². The lowest BCUT2D eigenvalue weighted by molar-refractivity contribution is 0.00761. The zero-order chi connectivity index (χ0) is 17.4. The summed E-state index contributed by atoms with van der Waals surface area (Å²) in [7, 11) is 0. The summed E-state index contributed by atoms with van der Waals surface area (Å²) in [4.78, 5) is 16.1. The summed E-state index contributed by atoms with van der Waals surface area (Å²) in [6.45, 7) is 0.469. The first kappa shape index (κ1) is 21.6. The zero-order valence-electron chi connectivity index (χ0n) is 14.5. The summed E-state index contributed by atoms with van der Waals surface area (Å²) >= 11 is 0. The lowest BCUT2D eigenvalue weighted by Gasteiger charge is -2.18. The van der Waals surface area contributed by atoms with Gasteiger partial charge in [0.25, 0.3) is 5.91 Å². The molecule has 2 saturated carbocycles. The van der Waals surface area contributed by atoms with Crippen molar-refractivity contribution < 1.29 is 15.0 Å². The summed E-state index contributed by atoms with van der Waals surface area (Å²) in [5.74, 6) is 0.0316. The third-order valence-electron chi connectivity index (χ3n) is 5.02. The van der Waals surface area contributed by atoms with Crippen LogP contribution in [0.2, 0.25) is 0 Å². The van der Waals surface area contributed by atoms with Crippen LogP contribution in [0.1, 0.15) is 41.2 Å². The SMILES string of the molecule is Cl.Cl.O=C(N[C@@H]1C[C@H](Cn2cc(C3CC3)nn2)[C@@H](O)[C@H]1O)c1cccnc1. The molecule has 1 amide bonds. The molecule has 148 valence electrons. The van der Waals surface area contributed by atoms with Crippen molar-refractivity contribution in [3.63, 3.8) is 0 Å². The molecule has 2 heterocycles. The minimum Gasteiger partial charge on any atom is -0.390 e. The van der Waals surface area contributed by atoms with Crippen LogP contribution in [-0.4, -0.2) is 54.3 Å². The molecule has 0 saturated heterocycles. The Kier molecular flexibility index (Phi) is 7.16. The van der Waals surface area contributed by atoms with E-state index in [0.717, 1.165) is 18.5 Å². The molecular weight excluding hydrogens is 393 g/mol. The highest BCUT2D eigenvalue weighted by atomic mass is 35.5. The molecule has 10 heteroatoms. The van der Waals surface area contributed by atoms with E-state index in [2.05, 4.69) is 20.6 Å². The topological polar surface area (TPSA) is 113 Å². The molecule has 27 heavy (non-hydrogen) atoms. The van der Waals surface area contributed by atoms with Crippen LogP contribution in [0.25, 0.3) is 0 Å². The fourth-order valence-corrected chi connectivity index (χ4v) is 3.41. The van der Waals surface area contributed by atoms with Gasteiger partial charge in [0.2, 0.25) is 0 Å². The lowest BCUT2D eigenvalue weighted by Crippen LogP contribution is -2.43. The third-order valence-corrected chi connectivity index (χ3v) is 5.02. The molecule has 2 aliphatic carbocycles. The average Bonchev–Trinajstić information content (AvgIpc) is 3.33. The Balaban J connectivity index is 0.00000131. The minimum atomic E-state index is -1.00. The second-order valence-electron chi connectivity index (χ2n) is 6.94. The first-order chi connectivity index (χ1) is 12.1. The van der Waals surface area contributed by atoms with Crippen LogP contribution in [0, 0.1) is 5.92 Å². The molecular formula is C17H23Cl2N5O3. The van der Waals surface area contributed by atoms with E-state index in [4.69, 9.17) is 0 Å². The molecule has 0 spiro atoms. The number of aliphatic hydroxyl groups excluding tert-OH is 2. The number of aromatic nitrogens is 4. The summed E-state index contributed by atoms with van der Waals surface area (Å²) in [5.41, 5.74) is 1.42. The average molecular weight is 416 g/mol. The Morgan fingerprint density at radius 2 is 2.04 bits per heavy atom. The van der Waals surface area contributed by atoms with Crippen molar-refractivity contribution in [3.05, 3.63) is 42.0 Å². The van der Waals surface area contributed by atoms with Gasteiger partial charge in [0.15, 0.2) is 0 Å². The molecule has 2 aliphatic rings. The second kappa shape index (κ2) is 8.97. The normalized spacial score (nSPS) is 26.7. The van der Waals surface area contributed by atoms with Gasteiger partial charge in [0.05, 0.1) is 23.4 Å². The van der Waals surface area contributed by atoms with Crippen molar-refractivity contribution in [1.29, 1.82) is 0 Å². The fraction of sp³-hybridized carbons (Fsp3) is 0.529. The van der Waals surface area contributed by atoms with Gasteiger partial charge >= 0.3 is 0 Å². The number of halogens is 2. The first-order valence-electron chi connectivity index (χ1n) is 8.59. The van der Waals surface area contributed by atoms with Gasteiger partial charge in [-0.1, -0.05) is 5.21 Å². The van der Waals surface area contributed by atoms with E-state index in [1.165, 1.54) is 6.20 Å². The summed E-state index contributed by atoms with van der Waals surface area (Å²) in [5, 5.41) is 31.7. The molecule has 2 aromatic rings. The van der Waals surface area contributed by atoms with E-state index in [1.54, 1.807) is 23.0 Å². The summed E-state index contributed by atoms with van der Waals surface area (Å²) in [6.07, 6.45) is 5.86. The highest BCUT2D eigenvalue weighted by Crippen LogP contribution is 2.38. The van der Waals surface area contributed by atoms with Crippen LogP contribution in [-0.2, 0) is 6.54 Å². The molecule has 4 rings (SSSR count). The number of hydrogen-bond acceptors (Lipinski definition) is 6. The Morgan fingerprint density at radius 3 is 2.70 bits per heavy atom. The Hall–Kier alpha value is -1.74. The smallest absolute Gasteiger partial charge is 0.253 e. The molecule has 8 nitrogen and oxygen atoms in total. The van der Waals surface area contributed by atoms with E-state index in [-0.39, 0.29) is 36.6 Å². The fourth-order valence-electron chi connectivity index (χ4n) is 3.41. The van der Waals surface area contributed by atoms with Crippen LogP contribution in [0.3, 0.4) is 0 Å². The van der Waals surface area contributed by atoms with Gasteiger partial charge in [-0.2, -0.15) is 0 Å². The number of carbonyl (C=O) groups is 1. The van der Waals surface area contributed by atoms with E-state index >= 15 is 0 Å². The Labute approximate surface area is 169 Å². The van der Waals surface area contributed by atoms with Gasteiger partial charge in [0, 0.05) is 37.0 Å². The third kappa shape index (κ3) is 4.76. The van der Waals surface area contributed by atoms with Crippen LogP contribution < -0.4 is 5.32 Å². The zero-order valence-corrected chi connectivity index (χ0v) is 16.1. The maximum absolute atomic E-state index is 12.2. The van der Waals surface area contributed by atoms with Crippen LogP contribution in [0.5, 0.6) is 0 Å². The van der Waals surface area contributed by atoms with Gasteiger partial charge in [-0.25, -0.2) is 0 Å². The van der Waals surface area contributed by atoms with Crippen molar-refractivity contribution in [2.24, 2.45) is 5.92 Å². The number of aliphatic hydroxyl groups is 2. The largest absolute Gasteiger partial charge is 0.390 e. The number of carbonyl (C=O) groups excluding carboxylic acids is 1. The van der Waals surface area contributed by atoms with Gasteiger partial charge in [-0.05, 0) is 31.4 Å². The van der Waals surface area contributed by atoms with Crippen LogP contribution in [0.4, 0.5) is 0 Å². The molecule has 2 fully saturated rings. The van der Waals surface area contributed by atoms with E-state index in [1.807, 2.05) is 6.20 Å². The quantitative estimate of drug-likeness (QED) is 0.669. The van der Waals surface area contributed by atoms with Gasteiger partial charge in [0.1, 0.15) is 6.10 Å². The van der Waals surface area contributed by atoms with Gasteiger partial charge < -0.3 is 15.5 Å². The Morgan fingerprint density at radius 1 is 1.26 bits per heavy atom. The van der Waals surface area contributed by atoms with Crippen LogP contribution in [0.15, 0.2) is 30.7 Å². The van der Waals surface area contributed by atoms with Gasteiger partial charge in [-0.3, -0.25) is 14.5 Å². The van der Waals surface area contributed by atoms with E-state index in [9.17, 15) is 15.0 Å². The number of amides is 1. The van der Waals surface area contributed by atoms with Crippen LogP contribution >= 0.6 is 24.8 Å². The molecule has 0 radical (unpaired) electrons. The molecule has 0 aliphatic heterocycles. The molecule has 3 N–H and O–H groups in total. The number of nitrogens with zero attached hydrogens (tertiary/aromatic N) is 4. The molecule has 0 bridgehead atoms. The Bertz CT molecular complexity index is 756. The predicted molar refractivity (Wildman–Crippen MR) is 102 cm³/mol. The van der Waals surface area contributed by atoms with Crippen molar-refractivity contribution in [1.82, 2.24) is 25.3 Å².